The number of carbonyl (C=O) groups is 2. The van der Waals surface area contributed by atoms with Gasteiger partial charge in [-0.25, -0.2) is 9.97 Å². The van der Waals surface area contributed by atoms with E-state index in [-0.39, 0.29) is 30.1 Å². The number of amides is 2. The van der Waals surface area contributed by atoms with Gasteiger partial charge in [0.2, 0.25) is 11.8 Å². The number of carbonyl (C=O) groups excluding carboxylic acids is 2. The van der Waals surface area contributed by atoms with Gasteiger partial charge < -0.3 is 25.0 Å². The first-order valence-corrected chi connectivity index (χ1v) is 13.2. The molecule has 0 bridgehead atoms. The van der Waals surface area contributed by atoms with E-state index in [4.69, 9.17) is 9.47 Å². The predicted molar refractivity (Wildman–Crippen MR) is 145 cm³/mol. The van der Waals surface area contributed by atoms with Gasteiger partial charge in [-0.15, -0.1) is 0 Å². The van der Waals surface area contributed by atoms with Crippen LogP contribution in [0.2, 0.25) is 0 Å². The molecule has 2 N–H and O–H groups in total. The smallest absolute Gasteiger partial charge is 0.263 e. The summed E-state index contributed by atoms with van der Waals surface area (Å²) in [7, 11) is 0. The highest BCUT2D eigenvalue weighted by atomic mass is 32.1. The first kappa shape index (κ1) is 26.4. The Labute approximate surface area is 221 Å². The average molecular weight is 524 g/mol. The maximum absolute atomic E-state index is 12.8. The largest absolute Gasteiger partial charge is 0.489 e. The minimum atomic E-state index is -0.219. The minimum Gasteiger partial charge on any atom is -0.489 e. The lowest BCUT2D eigenvalue weighted by atomic mass is 10.1. The van der Waals surface area contributed by atoms with Crippen molar-refractivity contribution in [2.45, 2.75) is 59.3 Å². The molecule has 0 unspecified atom stereocenters. The van der Waals surface area contributed by atoms with Gasteiger partial charge in [0, 0.05) is 37.8 Å². The molecule has 1 aromatic carbocycles. The van der Waals surface area contributed by atoms with Crippen LogP contribution in [0.4, 0.5) is 10.8 Å². The van der Waals surface area contributed by atoms with Crippen molar-refractivity contribution in [1.82, 2.24) is 15.3 Å². The van der Waals surface area contributed by atoms with Crippen molar-refractivity contribution in [3.05, 3.63) is 58.7 Å². The van der Waals surface area contributed by atoms with E-state index in [0.717, 1.165) is 36.5 Å². The van der Waals surface area contributed by atoms with E-state index < -0.39 is 0 Å². The topological polar surface area (TPSA) is 106 Å². The summed E-state index contributed by atoms with van der Waals surface area (Å²) in [5.74, 6) is 0.992. The summed E-state index contributed by atoms with van der Waals surface area (Å²) >= 11 is 1.17. The van der Waals surface area contributed by atoms with Crippen molar-refractivity contribution >= 4 is 34.0 Å². The Morgan fingerprint density at radius 2 is 1.92 bits per heavy atom. The molecule has 1 aliphatic heterocycles. The molecule has 3 heterocycles. The third-order valence-electron chi connectivity index (χ3n) is 5.90. The number of thiazole rings is 1. The summed E-state index contributed by atoms with van der Waals surface area (Å²) in [6.45, 7) is 10.8. The molecule has 37 heavy (non-hydrogen) atoms. The van der Waals surface area contributed by atoms with Crippen LogP contribution in [0.5, 0.6) is 11.6 Å². The number of rotatable bonds is 9. The lowest BCUT2D eigenvalue weighted by Crippen LogP contribution is -2.26. The summed E-state index contributed by atoms with van der Waals surface area (Å²) in [4.78, 5) is 35.3. The molecule has 2 atom stereocenters. The standard InChI is InChI=1S/C27H33N5O4S/c1-16(2)35-24-14-21(10-12-28-24)32-13-11-23(15-32)36-22-8-6-20(7-9-22)17(3)29-26(34)25-18(4)30-27(37-25)31-19(5)33/h6-10,12,14,16-17,23H,11,13,15H2,1-5H3,(H,29,34)(H,30,31,33)/t17-,23+/m0/s1. The van der Waals surface area contributed by atoms with Crippen LogP contribution in [0.25, 0.3) is 0 Å². The van der Waals surface area contributed by atoms with E-state index in [1.807, 2.05) is 57.2 Å². The zero-order valence-electron chi connectivity index (χ0n) is 21.8. The number of nitrogens with zero attached hydrogens (tertiary/aromatic N) is 3. The summed E-state index contributed by atoms with van der Waals surface area (Å²) < 4.78 is 12.0. The lowest BCUT2D eigenvalue weighted by Gasteiger charge is -2.20. The third kappa shape index (κ3) is 6.97. The van der Waals surface area contributed by atoms with Gasteiger partial charge >= 0.3 is 0 Å². The van der Waals surface area contributed by atoms with E-state index in [2.05, 4.69) is 25.5 Å². The fourth-order valence-electron chi connectivity index (χ4n) is 4.14. The van der Waals surface area contributed by atoms with Crippen molar-refractivity contribution in [3.63, 3.8) is 0 Å². The fourth-order valence-corrected chi connectivity index (χ4v) is 5.06. The van der Waals surface area contributed by atoms with Crippen molar-refractivity contribution in [2.24, 2.45) is 0 Å². The molecular formula is C27H33N5O4S. The quantitative estimate of drug-likeness (QED) is 0.417. The highest BCUT2D eigenvalue weighted by molar-refractivity contribution is 7.17. The molecule has 0 radical (unpaired) electrons. The predicted octanol–water partition coefficient (Wildman–Crippen LogP) is 4.74. The van der Waals surface area contributed by atoms with Crippen LogP contribution in [-0.2, 0) is 4.79 Å². The van der Waals surface area contributed by atoms with E-state index >= 15 is 0 Å². The summed E-state index contributed by atoms with van der Waals surface area (Å²) in [6.07, 6.45) is 2.86. The Morgan fingerprint density at radius 3 is 2.62 bits per heavy atom. The summed E-state index contributed by atoms with van der Waals surface area (Å²) in [5.41, 5.74) is 2.63. The van der Waals surface area contributed by atoms with Crippen molar-refractivity contribution in [2.75, 3.05) is 23.3 Å². The lowest BCUT2D eigenvalue weighted by molar-refractivity contribution is -0.114. The Kier molecular flexibility index (Phi) is 8.27. The second-order valence-corrected chi connectivity index (χ2v) is 10.4. The zero-order valence-corrected chi connectivity index (χ0v) is 22.6. The normalized spacial score (nSPS) is 15.9. The summed E-state index contributed by atoms with van der Waals surface area (Å²) in [6, 6.07) is 11.6. The van der Waals surface area contributed by atoms with Crippen LogP contribution in [-0.4, -0.2) is 47.1 Å². The fraction of sp³-hybridized carbons (Fsp3) is 0.407. The maximum Gasteiger partial charge on any atom is 0.263 e. The number of aryl methyl sites for hydroxylation is 1. The van der Waals surface area contributed by atoms with Gasteiger partial charge in [-0.05, 0) is 51.5 Å². The minimum absolute atomic E-state index is 0.0798. The molecular weight excluding hydrogens is 490 g/mol. The second kappa shape index (κ2) is 11.6. The van der Waals surface area contributed by atoms with Crippen LogP contribution >= 0.6 is 11.3 Å². The number of hydrogen-bond donors (Lipinski definition) is 2. The number of pyridine rings is 1. The number of anilines is 2. The molecule has 10 heteroatoms. The van der Waals surface area contributed by atoms with E-state index in [9.17, 15) is 9.59 Å². The first-order chi connectivity index (χ1) is 17.7. The second-order valence-electron chi connectivity index (χ2n) is 9.37. The Bertz CT molecular complexity index is 1240. The average Bonchev–Trinajstić information content (AvgIpc) is 3.45. The molecule has 4 rings (SSSR count). The Balaban J connectivity index is 1.31. The van der Waals surface area contributed by atoms with E-state index in [1.165, 1.54) is 18.3 Å². The Morgan fingerprint density at radius 1 is 1.16 bits per heavy atom. The van der Waals surface area contributed by atoms with Crippen molar-refractivity contribution in [3.8, 4) is 11.6 Å². The maximum atomic E-state index is 12.8. The molecule has 9 nitrogen and oxygen atoms in total. The number of aromatic nitrogens is 2. The molecule has 0 spiro atoms. The molecule has 0 saturated carbocycles. The molecule has 1 saturated heterocycles. The summed E-state index contributed by atoms with van der Waals surface area (Å²) in [5, 5.41) is 6.05. The van der Waals surface area contributed by atoms with Crippen LogP contribution < -0.4 is 25.0 Å². The van der Waals surface area contributed by atoms with Gasteiger partial charge in [0.05, 0.1) is 24.4 Å². The van der Waals surface area contributed by atoms with Gasteiger partial charge in [-0.2, -0.15) is 0 Å². The third-order valence-corrected chi connectivity index (χ3v) is 6.97. The van der Waals surface area contributed by atoms with Gasteiger partial charge in [-0.1, -0.05) is 23.5 Å². The number of hydrogen-bond acceptors (Lipinski definition) is 8. The molecule has 0 aliphatic carbocycles. The number of benzene rings is 1. The van der Waals surface area contributed by atoms with Crippen molar-refractivity contribution < 1.29 is 19.1 Å². The van der Waals surface area contributed by atoms with Gasteiger partial charge in [0.25, 0.3) is 5.91 Å². The SMILES string of the molecule is CC(=O)Nc1nc(C)c(C(=O)N[C@@H](C)c2ccc(O[C@@H]3CCN(c4ccnc(OC(C)C)c4)C3)cc2)s1. The van der Waals surface area contributed by atoms with Crippen LogP contribution in [0, 0.1) is 6.92 Å². The monoisotopic (exact) mass is 523 g/mol. The van der Waals surface area contributed by atoms with E-state index in [1.54, 1.807) is 13.1 Å². The van der Waals surface area contributed by atoms with Crippen LogP contribution in [0.1, 0.15) is 61.1 Å². The highest BCUT2D eigenvalue weighted by Crippen LogP contribution is 2.27. The molecule has 1 fully saturated rings. The van der Waals surface area contributed by atoms with Gasteiger partial charge in [-0.3, -0.25) is 9.59 Å². The molecule has 2 amide bonds. The van der Waals surface area contributed by atoms with Crippen LogP contribution in [0.15, 0.2) is 42.6 Å². The molecule has 1 aliphatic rings. The van der Waals surface area contributed by atoms with Crippen LogP contribution in [0.3, 0.4) is 0 Å². The number of ether oxygens (including phenoxy) is 2. The molecule has 196 valence electrons. The molecule has 3 aromatic rings. The number of nitrogens with one attached hydrogen (secondary N) is 2. The first-order valence-electron chi connectivity index (χ1n) is 12.4. The van der Waals surface area contributed by atoms with Gasteiger partial charge in [0.1, 0.15) is 16.7 Å². The Hall–Kier alpha value is -3.66. The highest BCUT2D eigenvalue weighted by Gasteiger charge is 2.25. The van der Waals surface area contributed by atoms with E-state index in [0.29, 0.717) is 21.6 Å². The zero-order chi connectivity index (χ0) is 26.5. The molecule has 2 aromatic heterocycles. The van der Waals surface area contributed by atoms with Crippen molar-refractivity contribution in [1.29, 1.82) is 0 Å². The van der Waals surface area contributed by atoms with Gasteiger partial charge in [0.15, 0.2) is 5.13 Å².